The molecule has 3 aromatic carbocycles. The highest BCUT2D eigenvalue weighted by Gasteiger charge is 2.11. The van der Waals surface area contributed by atoms with E-state index in [1.165, 1.54) is 5.70 Å². The molecule has 3 heteroatoms. The van der Waals surface area contributed by atoms with E-state index in [0.717, 1.165) is 22.7 Å². The van der Waals surface area contributed by atoms with Crippen LogP contribution >= 0.6 is 20.7 Å². The predicted octanol–water partition coefficient (Wildman–Crippen LogP) is 6.75. The zero-order valence-electron chi connectivity index (χ0n) is 14.2. The van der Waals surface area contributed by atoms with Gasteiger partial charge in [0.05, 0.1) is 0 Å². The van der Waals surface area contributed by atoms with E-state index in [1.54, 1.807) is 0 Å². The number of hydrogen-bond acceptors (Lipinski definition) is 2. The number of allylic oxidation sites excluding steroid dienone is 2. The van der Waals surface area contributed by atoms with Gasteiger partial charge >= 0.3 is 0 Å². The first-order valence-electron chi connectivity index (χ1n) is 8.49. The summed E-state index contributed by atoms with van der Waals surface area (Å²) < 4.78 is 4.55. The molecule has 1 aliphatic rings. The van der Waals surface area contributed by atoms with Crippen molar-refractivity contribution in [3.05, 3.63) is 107 Å². The van der Waals surface area contributed by atoms with E-state index in [4.69, 9.17) is 0 Å². The van der Waals surface area contributed by atoms with Gasteiger partial charge in [-0.1, -0.05) is 63.2 Å². The average Bonchev–Trinajstić information content (AvgIpc) is 2.72. The summed E-state index contributed by atoms with van der Waals surface area (Å²) in [6.45, 7) is 0. The Morgan fingerprint density at radius 3 is 1.77 bits per heavy atom. The Hall–Kier alpha value is -2.66. The van der Waals surface area contributed by atoms with Gasteiger partial charge in [-0.2, -0.15) is 0 Å². The second kappa shape index (κ2) is 8.15. The number of anilines is 4. The Labute approximate surface area is 164 Å². The normalized spacial score (nSPS) is 12.8. The monoisotopic (exact) mass is 450 g/mol. The van der Waals surface area contributed by atoms with E-state index < -0.39 is 0 Å². The smallest absolute Gasteiger partial charge is 0.0463 e. The number of halogens is 1. The average molecular weight is 450 g/mol. The molecule has 1 heterocycles. The van der Waals surface area contributed by atoms with E-state index in [0.29, 0.717) is 0 Å². The summed E-state index contributed by atoms with van der Waals surface area (Å²) in [5.41, 5.74) is 5.74. The summed E-state index contributed by atoms with van der Waals surface area (Å²) in [4.78, 5) is 2.27. The van der Waals surface area contributed by atoms with Crippen molar-refractivity contribution in [3.8, 4) is 0 Å². The van der Waals surface area contributed by atoms with Crippen molar-refractivity contribution in [1.29, 1.82) is 0 Å². The molecule has 0 fully saturated rings. The van der Waals surface area contributed by atoms with Crippen LogP contribution in [0.4, 0.5) is 22.7 Å². The summed E-state index contributed by atoms with van der Waals surface area (Å²) in [6, 6.07) is 29.5. The second-order valence-electron chi connectivity index (χ2n) is 5.85. The molecule has 1 aliphatic heterocycles. The quantitative estimate of drug-likeness (QED) is 0.433. The van der Waals surface area contributed by atoms with Gasteiger partial charge in [0.25, 0.3) is 0 Å². The van der Waals surface area contributed by atoms with Gasteiger partial charge in [-0.25, -0.2) is 0 Å². The van der Waals surface area contributed by atoms with Crippen LogP contribution in [-0.2, 0) is 0 Å². The third-order valence-electron chi connectivity index (χ3n) is 4.04. The van der Waals surface area contributed by atoms with Crippen LogP contribution in [0.25, 0.3) is 0 Å². The maximum Gasteiger partial charge on any atom is 0.0463 e. The maximum absolute atomic E-state index is 3.49. The molecule has 0 spiro atoms. The summed E-state index contributed by atoms with van der Waals surface area (Å²) in [5, 5.41) is 3.49. The molecular formula is C23H19IN2. The third-order valence-corrected chi connectivity index (χ3v) is 5.91. The Morgan fingerprint density at radius 2 is 1.23 bits per heavy atom. The van der Waals surface area contributed by atoms with Gasteiger partial charge < -0.3 is 10.2 Å². The van der Waals surface area contributed by atoms with Gasteiger partial charge in [0.2, 0.25) is 0 Å². The fourth-order valence-electron chi connectivity index (χ4n) is 2.85. The van der Waals surface area contributed by atoms with Crippen molar-refractivity contribution in [2.45, 2.75) is 0 Å². The lowest BCUT2D eigenvalue weighted by Crippen LogP contribution is -2.09. The van der Waals surface area contributed by atoms with Gasteiger partial charge in [0, 0.05) is 28.4 Å². The van der Waals surface area contributed by atoms with Crippen LogP contribution in [0.5, 0.6) is 0 Å². The van der Waals surface area contributed by atoms with E-state index in [1.807, 2.05) is 12.1 Å². The lowest BCUT2D eigenvalue weighted by atomic mass is 10.2. The van der Waals surface area contributed by atoms with Gasteiger partial charge in [-0.05, 0) is 62.7 Å². The predicted molar refractivity (Wildman–Crippen MR) is 122 cm³/mol. The number of nitrogens with one attached hydrogen (secondary N) is 1. The summed E-state index contributed by atoms with van der Waals surface area (Å²) in [7, 11) is 0. The van der Waals surface area contributed by atoms with Gasteiger partial charge in [-0.3, -0.25) is 0 Å². The fraction of sp³-hybridized carbons (Fsp3) is 0. The van der Waals surface area contributed by atoms with E-state index in [-0.39, 0.29) is 20.7 Å². The standard InChI is InChI=1S/C23H19IN2/c1-3-9-21(10-4-1)26(22-11-5-2-6-12-22)23-15-13-19(14-16-23)25-20-8-7-17-24-18-20/h1-18,25H. The molecule has 0 atom stereocenters. The van der Waals surface area contributed by atoms with Crippen LogP contribution in [0.3, 0.4) is 0 Å². The number of rotatable bonds is 5. The fourth-order valence-corrected chi connectivity index (χ4v) is 4.26. The molecule has 0 bridgehead atoms. The first-order chi connectivity index (χ1) is 12.9. The van der Waals surface area contributed by atoms with Crippen molar-refractivity contribution in [2.24, 2.45) is 0 Å². The molecule has 128 valence electrons. The molecule has 0 aromatic heterocycles. The van der Waals surface area contributed by atoms with E-state index in [9.17, 15) is 0 Å². The number of benzene rings is 3. The molecule has 0 unspecified atom stereocenters. The molecule has 0 amide bonds. The molecular weight excluding hydrogens is 431 g/mol. The van der Waals surface area contributed by atoms with Crippen molar-refractivity contribution in [2.75, 3.05) is 10.2 Å². The summed E-state index contributed by atoms with van der Waals surface area (Å²) in [6.07, 6.45) is 4.26. The van der Waals surface area contributed by atoms with Crippen LogP contribution in [0, 0.1) is 0 Å². The highest BCUT2D eigenvalue weighted by molar-refractivity contribution is 14.2. The lowest BCUT2D eigenvalue weighted by Gasteiger charge is -2.25. The summed E-state index contributed by atoms with van der Waals surface area (Å²) in [5.74, 6) is 0. The SMILES string of the molecule is C1=CC(Nc2ccc(N(c3ccccc3)c3ccccc3)cc2)=CI=C1. The molecule has 0 radical (unpaired) electrons. The topological polar surface area (TPSA) is 15.3 Å². The number of hydrogen-bond donors (Lipinski definition) is 1. The summed E-state index contributed by atoms with van der Waals surface area (Å²) >= 11 is 0.0530. The molecule has 1 N–H and O–H groups in total. The lowest BCUT2D eigenvalue weighted by molar-refractivity contribution is 1.28. The zero-order valence-corrected chi connectivity index (χ0v) is 16.4. The van der Waals surface area contributed by atoms with Crippen molar-refractivity contribution in [1.82, 2.24) is 0 Å². The van der Waals surface area contributed by atoms with Crippen LogP contribution in [0.15, 0.2) is 107 Å². The molecule has 0 saturated carbocycles. The Morgan fingerprint density at radius 1 is 0.654 bits per heavy atom. The van der Waals surface area contributed by atoms with Crippen LogP contribution in [0.2, 0.25) is 0 Å². The minimum absolute atomic E-state index is 0.0530. The van der Waals surface area contributed by atoms with Crippen LogP contribution < -0.4 is 10.2 Å². The largest absolute Gasteiger partial charge is 0.355 e. The Balaban J connectivity index is 1.65. The zero-order chi connectivity index (χ0) is 17.6. The molecule has 26 heavy (non-hydrogen) atoms. The van der Waals surface area contributed by atoms with Gasteiger partial charge in [-0.15, -0.1) is 0 Å². The van der Waals surface area contributed by atoms with Crippen molar-refractivity contribution >= 4 is 47.5 Å². The molecule has 0 saturated heterocycles. The van der Waals surface area contributed by atoms with Crippen LogP contribution in [-0.4, -0.2) is 4.01 Å². The van der Waals surface area contributed by atoms with Gasteiger partial charge in [0.15, 0.2) is 0 Å². The first kappa shape index (κ1) is 16.8. The van der Waals surface area contributed by atoms with E-state index >= 15 is 0 Å². The van der Waals surface area contributed by atoms with E-state index in [2.05, 4.69) is 103 Å². The highest BCUT2D eigenvalue weighted by atomic mass is 127. The second-order valence-corrected chi connectivity index (χ2v) is 7.92. The Bertz CT molecular complexity index is 903. The molecule has 2 nitrogen and oxygen atoms in total. The van der Waals surface area contributed by atoms with Gasteiger partial charge in [0.1, 0.15) is 0 Å². The van der Waals surface area contributed by atoms with Crippen molar-refractivity contribution < 1.29 is 0 Å². The first-order valence-corrected chi connectivity index (χ1v) is 11.0. The number of para-hydroxylation sites is 2. The van der Waals surface area contributed by atoms with Crippen molar-refractivity contribution in [3.63, 3.8) is 0 Å². The molecule has 3 aromatic rings. The Kier molecular flexibility index (Phi) is 5.26. The van der Waals surface area contributed by atoms with Crippen LogP contribution in [0.1, 0.15) is 0 Å². The minimum Gasteiger partial charge on any atom is -0.355 e. The number of nitrogens with zero attached hydrogens (tertiary/aromatic N) is 1. The highest BCUT2D eigenvalue weighted by Crippen LogP contribution is 2.34. The minimum atomic E-state index is 0.0530. The maximum atomic E-state index is 3.49. The third kappa shape index (κ3) is 3.94. The molecule has 0 aliphatic carbocycles. The molecule has 4 rings (SSSR count).